The minimum atomic E-state index is 0.494. The Kier molecular flexibility index (Phi) is 5.23. The van der Waals surface area contributed by atoms with Crippen molar-refractivity contribution in [2.45, 2.75) is 38.6 Å². The molecule has 6 heteroatoms. The van der Waals surface area contributed by atoms with Crippen molar-refractivity contribution < 1.29 is 4.74 Å². The Morgan fingerprint density at radius 1 is 1.36 bits per heavy atom. The smallest absolute Gasteiger partial charge is 0.153 e. The topological polar surface area (TPSA) is 54.0 Å². The summed E-state index contributed by atoms with van der Waals surface area (Å²) < 4.78 is 5.08. The zero-order valence-corrected chi connectivity index (χ0v) is 14.2. The van der Waals surface area contributed by atoms with Gasteiger partial charge in [0.25, 0.3) is 0 Å². The minimum Gasteiger partial charge on any atom is -0.384 e. The van der Waals surface area contributed by atoms with Gasteiger partial charge in [0.05, 0.1) is 6.61 Å². The number of aryl methyl sites for hydroxylation is 1. The van der Waals surface area contributed by atoms with Crippen molar-refractivity contribution in [2.24, 2.45) is 0 Å². The van der Waals surface area contributed by atoms with Crippen molar-refractivity contribution in [3.63, 3.8) is 0 Å². The van der Waals surface area contributed by atoms with Crippen LogP contribution in [0.3, 0.4) is 0 Å². The molecule has 120 valence electrons. The second-order valence-corrected chi connectivity index (χ2v) is 7.32. The van der Waals surface area contributed by atoms with Crippen LogP contribution in [0.15, 0.2) is 12.1 Å². The van der Waals surface area contributed by atoms with Crippen LogP contribution in [0.1, 0.15) is 40.2 Å². The van der Waals surface area contributed by atoms with Gasteiger partial charge in [-0.15, -0.1) is 11.3 Å². The lowest BCUT2D eigenvalue weighted by Gasteiger charge is -2.30. The van der Waals surface area contributed by atoms with Gasteiger partial charge in [-0.3, -0.25) is 10.00 Å². The second-order valence-electron chi connectivity index (χ2n) is 5.95. The summed E-state index contributed by atoms with van der Waals surface area (Å²) in [5, 5.41) is 7.44. The van der Waals surface area contributed by atoms with E-state index in [9.17, 15) is 0 Å². The van der Waals surface area contributed by atoms with E-state index in [2.05, 4.69) is 39.1 Å². The molecule has 1 aliphatic heterocycles. The number of methoxy groups -OCH3 is 1. The highest BCUT2D eigenvalue weighted by atomic mass is 32.1. The number of ether oxygens (including phenoxy) is 1. The van der Waals surface area contributed by atoms with Crippen molar-refractivity contribution in [3.05, 3.63) is 33.5 Å². The van der Waals surface area contributed by atoms with Gasteiger partial charge in [0.15, 0.2) is 5.82 Å². The van der Waals surface area contributed by atoms with Gasteiger partial charge in [0.1, 0.15) is 5.82 Å². The third-order valence-corrected chi connectivity index (χ3v) is 5.21. The number of hydrogen-bond donors (Lipinski definition) is 1. The number of piperidine rings is 1. The predicted molar refractivity (Wildman–Crippen MR) is 88.3 cm³/mol. The Labute approximate surface area is 135 Å². The molecule has 1 saturated heterocycles. The number of aromatic amines is 1. The summed E-state index contributed by atoms with van der Waals surface area (Å²) in [4.78, 5) is 10.0. The molecule has 0 amide bonds. The van der Waals surface area contributed by atoms with E-state index >= 15 is 0 Å². The molecule has 2 aromatic rings. The first kappa shape index (κ1) is 15.6. The Morgan fingerprint density at radius 2 is 2.18 bits per heavy atom. The quantitative estimate of drug-likeness (QED) is 0.889. The van der Waals surface area contributed by atoms with Crippen molar-refractivity contribution in [2.75, 3.05) is 26.8 Å². The van der Waals surface area contributed by atoms with Crippen molar-refractivity contribution in [1.82, 2.24) is 20.1 Å². The predicted octanol–water partition coefficient (Wildman–Crippen LogP) is 2.74. The standard InChI is InChI=1S/C16H24N4OS/c1-12-3-4-14(22-12)11-20-8-5-13(6-9-20)16-17-15(18-19-16)7-10-21-2/h3-4,13H,5-11H2,1-2H3,(H,17,18,19). The number of rotatable bonds is 6. The third kappa shape index (κ3) is 3.94. The number of nitrogens with zero attached hydrogens (tertiary/aromatic N) is 3. The van der Waals surface area contributed by atoms with Gasteiger partial charge in [0.2, 0.25) is 0 Å². The van der Waals surface area contributed by atoms with E-state index in [0.717, 1.165) is 50.5 Å². The maximum atomic E-state index is 5.08. The SMILES string of the molecule is COCCc1nc(C2CCN(Cc3ccc(C)s3)CC2)n[nH]1. The Morgan fingerprint density at radius 3 is 2.86 bits per heavy atom. The van der Waals surface area contributed by atoms with Crippen LogP contribution in [0, 0.1) is 6.92 Å². The Balaban J connectivity index is 1.49. The van der Waals surface area contributed by atoms with Crippen LogP contribution >= 0.6 is 11.3 Å². The van der Waals surface area contributed by atoms with Crippen LogP contribution in [-0.4, -0.2) is 46.9 Å². The molecule has 2 aromatic heterocycles. The molecule has 1 N–H and O–H groups in total. The first-order chi connectivity index (χ1) is 10.7. The molecule has 0 atom stereocenters. The average molecular weight is 320 g/mol. The van der Waals surface area contributed by atoms with E-state index in [-0.39, 0.29) is 0 Å². The molecule has 1 fully saturated rings. The van der Waals surface area contributed by atoms with Crippen LogP contribution in [0.5, 0.6) is 0 Å². The monoisotopic (exact) mass is 320 g/mol. The highest BCUT2D eigenvalue weighted by molar-refractivity contribution is 7.11. The van der Waals surface area contributed by atoms with Gasteiger partial charge in [0, 0.05) is 35.7 Å². The Hall–Kier alpha value is -1.24. The van der Waals surface area contributed by atoms with Gasteiger partial charge in [-0.05, 0) is 45.0 Å². The number of nitrogens with one attached hydrogen (secondary N) is 1. The highest BCUT2D eigenvalue weighted by Gasteiger charge is 2.23. The number of H-pyrrole nitrogens is 1. The number of aromatic nitrogens is 3. The molecule has 3 heterocycles. The maximum Gasteiger partial charge on any atom is 0.153 e. The van der Waals surface area contributed by atoms with Gasteiger partial charge < -0.3 is 4.74 Å². The summed E-state index contributed by atoms with van der Waals surface area (Å²) in [6.07, 6.45) is 3.10. The molecule has 0 saturated carbocycles. The van der Waals surface area contributed by atoms with Crippen LogP contribution in [-0.2, 0) is 17.7 Å². The fraction of sp³-hybridized carbons (Fsp3) is 0.625. The Bertz CT molecular complexity index is 586. The summed E-state index contributed by atoms with van der Waals surface area (Å²) in [7, 11) is 1.71. The van der Waals surface area contributed by atoms with Crippen LogP contribution in [0.25, 0.3) is 0 Å². The summed E-state index contributed by atoms with van der Waals surface area (Å²) in [5.74, 6) is 2.42. The lowest BCUT2D eigenvalue weighted by Crippen LogP contribution is -2.32. The van der Waals surface area contributed by atoms with Crippen LogP contribution in [0.2, 0.25) is 0 Å². The summed E-state index contributed by atoms with van der Waals surface area (Å²) in [5.41, 5.74) is 0. The minimum absolute atomic E-state index is 0.494. The maximum absolute atomic E-state index is 5.08. The first-order valence-corrected chi connectivity index (χ1v) is 8.74. The molecule has 1 aliphatic rings. The molecule has 0 spiro atoms. The molecule has 5 nitrogen and oxygen atoms in total. The van der Waals surface area contributed by atoms with Crippen molar-refractivity contribution in [3.8, 4) is 0 Å². The van der Waals surface area contributed by atoms with E-state index < -0.39 is 0 Å². The van der Waals surface area contributed by atoms with E-state index in [1.54, 1.807) is 7.11 Å². The molecule has 0 aromatic carbocycles. The first-order valence-electron chi connectivity index (χ1n) is 7.92. The zero-order valence-electron chi connectivity index (χ0n) is 13.3. The van der Waals surface area contributed by atoms with Gasteiger partial charge in [-0.1, -0.05) is 0 Å². The van der Waals surface area contributed by atoms with Crippen molar-refractivity contribution >= 4 is 11.3 Å². The van der Waals surface area contributed by atoms with E-state index in [1.807, 2.05) is 11.3 Å². The lowest BCUT2D eigenvalue weighted by molar-refractivity contribution is 0.200. The number of thiophene rings is 1. The molecule has 0 aliphatic carbocycles. The summed E-state index contributed by atoms with van der Waals surface area (Å²) >= 11 is 1.91. The van der Waals surface area contributed by atoms with Gasteiger partial charge in [-0.25, -0.2) is 4.98 Å². The fourth-order valence-corrected chi connectivity index (χ4v) is 3.88. The largest absolute Gasteiger partial charge is 0.384 e. The van der Waals surface area contributed by atoms with Crippen LogP contribution < -0.4 is 0 Å². The van der Waals surface area contributed by atoms with E-state index in [4.69, 9.17) is 4.74 Å². The highest BCUT2D eigenvalue weighted by Crippen LogP contribution is 2.27. The molecule has 0 bridgehead atoms. The molecular formula is C16H24N4OS. The molecule has 3 rings (SSSR count). The van der Waals surface area contributed by atoms with Crippen molar-refractivity contribution in [1.29, 1.82) is 0 Å². The zero-order chi connectivity index (χ0) is 15.4. The van der Waals surface area contributed by atoms with Gasteiger partial charge in [-0.2, -0.15) is 5.10 Å². The molecule has 0 radical (unpaired) electrons. The second kappa shape index (κ2) is 7.35. The molecular weight excluding hydrogens is 296 g/mol. The summed E-state index contributed by atoms with van der Waals surface area (Å²) in [6, 6.07) is 4.46. The molecule has 0 unspecified atom stereocenters. The normalized spacial score (nSPS) is 17.2. The third-order valence-electron chi connectivity index (χ3n) is 4.22. The number of likely N-dealkylation sites (tertiary alicyclic amines) is 1. The molecule has 22 heavy (non-hydrogen) atoms. The van der Waals surface area contributed by atoms with Gasteiger partial charge >= 0.3 is 0 Å². The number of hydrogen-bond acceptors (Lipinski definition) is 5. The summed E-state index contributed by atoms with van der Waals surface area (Å²) in [6.45, 7) is 6.20. The van der Waals surface area contributed by atoms with Crippen LogP contribution in [0.4, 0.5) is 0 Å². The fourth-order valence-electron chi connectivity index (χ4n) is 2.94. The van der Waals surface area contributed by atoms with E-state index in [0.29, 0.717) is 12.5 Å². The average Bonchev–Trinajstić information content (AvgIpc) is 3.15. The van der Waals surface area contributed by atoms with E-state index in [1.165, 1.54) is 9.75 Å². The lowest BCUT2D eigenvalue weighted by atomic mass is 9.96.